The molecule has 1 amide bonds. The first-order valence-corrected chi connectivity index (χ1v) is 5.86. The number of hydrogen-bond donors (Lipinski definition) is 3. The van der Waals surface area contributed by atoms with Gasteiger partial charge in [-0.3, -0.25) is 4.79 Å². The van der Waals surface area contributed by atoms with E-state index in [2.05, 4.69) is 6.58 Å². The monoisotopic (exact) mass is 273 g/mol. The average molecular weight is 273 g/mol. The van der Waals surface area contributed by atoms with Gasteiger partial charge in [0.15, 0.2) is 0 Å². The molecule has 0 aliphatic rings. The summed E-state index contributed by atoms with van der Waals surface area (Å²) < 4.78 is 0. The van der Waals surface area contributed by atoms with Crippen molar-refractivity contribution < 1.29 is 15.0 Å². The van der Waals surface area contributed by atoms with E-state index in [1.165, 1.54) is 0 Å². The number of benzene rings is 2. The van der Waals surface area contributed by atoms with Crippen molar-refractivity contribution in [2.75, 3.05) is 0 Å². The Bertz CT molecular complexity index is 460. The predicted molar refractivity (Wildman–Crippen MR) is 80.2 cm³/mol. The van der Waals surface area contributed by atoms with Gasteiger partial charge in [0, 0.05) is 5.57 Å². The molecule has 2 aromatic rings. The summed E-state index contributed by atoms with van der Waals surface area (Å²) in [6.45, 7) is 4.85. The molecule has 4 nitrogen and oxygen atoms in total. The van der Waals surface area contributed by atoms with Crippen LogP contribution >= 0.6 is 0 Å². The zero-order valence-corrected chi connectivity index (χ0v) is 11.4. The Morgan fingerprint density at radius 3 is 1.25 bits per heavy atom. The van der Waals surface area contributed by atoms with Crippen LogP contribution in [-0.2, 0) is 4.79 Å². The third-order valence-corrected chi connectivity index (χ3v) is 1.93. The molecule has 0 aliphatic heterocycles. The van der Waals surface area contributed by atoms with E-state index in [9.17, 15) is 4.79 Å². The van der Waals surface area contributed by atoms with E-state index >= 15 is 0 Å². The molecule has 106 valence electrons. The number of rotatable bonds is 1. The van der Waals surface area contributed by atoms with Crippen LogP contribution in [0.3, 0.4) is 0 Å². The lowest BCUT2D eigenvalue weighted by Crippen LogP contribution is -2.10. The maximum absolute atomic E-state index is 9.82. The van der Waals surface area contributed by atoms with Gasteiger partial charge >= 0.3 is 0 Å². The number of phenolic OH excluding ortho intramolecular Hbond substituents is 2. The van der Waals surface area contributed by atoms with E-state index in [1.807, 2.05) is 12.1 Å². The van der Waals surface area contributed by atoms with Crippen molar-refractivity contribution in [1.29, 1.82) is 0 Å². The summed E-state index contributed by atoms with van der Waals surface area (Å²) in [4.78, 5) is 9.82. The molecule has 0 saturated carbocycles. The predicted octanol–water partition coefficient (Wildman–Crippen LogP) is 2.83. The number of para-hydroxylation sites is 2. The molecule has 0 atom stereocenters. The first-order chi connectivity index (χ1) is 9.43. The third-order valence-electron chi connectivity index (χ3n) is 1.93. The van der Waals surface area contributed by atoms with E-state index in [0.29, 0.717) is 17.1 Å². The lowest BCUT2D eigenvalue weighted by atomic mass is 10.3. The highest BCUT2D eigenvalue weighted by Gasteiger charge is 1.86. The van der Waals surface area contributed by atoms with E-state index < -0.39 is 5.91 Å². The summed E-state index contributed by atoms with van der Waals surface area (Å²) in [5, 5.41) is 17.3. The van der Waals surface area contributed by atoms with Gasteiger partial charge in [-0.25, -0.2) is 0 Å². The fourth-order valence-electron chi connectivity index (χ4n) is 0.856. The molecule has 0 aromatic heterocycles. The SMILES string of the molecule is C=C(C)C(N)=O.Oc1ccccc1.Oc1ccccc1. The van der Waals surface area contributed by atoms with Crippen molar-refractivity contribution in [3.8, 4) is 11.5 Å². The Balaban J connectivity index is 0.000000272. The van der Waals surface area contributed by atoms with Crippen molar-refractivity contribution in [2.45, 2.75) is 6.92 Å². The van der Waals surface area contributed by atoms with Crippen molar-refractivity contribution >= 4 is 5.91 Å². The highest BCUT2D eigenvalue weighted by atomic mass is 16.3. The molecule has 0 heterocycles. The van der Waals surface area contributed by atoms with Crippen LogP contribution in [-0.4, -0.2) is 16.1 Å². The number of nitrogens with two attached hydrogens (primary N) is 1. The number of amides is 1. The van der Waals surface area contributed by atoms with E-state index in [-0.39, 0.29) is 0 Å². The molecule has 0 radical (unpaired) electrons. The molecule has 0 spiro atoms. The second-order valence-electron chi connectivity index (χ2n) is 3.82. The van der Waals surface area contributed by atoms with Gasteiger partial charge in [-0.05, 0) is 31.2 Å². The highest BCUT2D eigenvalue weighted by Crippen LogP contribution is 2.03. The molecule has 0 fully saturated rings. The second-order valence-corrected chi connectivity index (χ2v) is 3.82. The Kier molecular flexibility index (Phi) is 8.80. The maximum Gasteiger partial charge on any atom is 0.243 e. The van der Waals surface area contributed by atoms with Crippen molar-refractivity contribution in [1.82, 2.24) is 0 Å². The van der Waals surface area contributed by atoms with E-state index in [4.69, 9.17) is 15.9 Å². The van der Waals surface area contributed by atoms with Crippen LogP contribution in [0.1, 0.15) is 6.92 Å². The molecule has 2 rings (SSSR count). The van der Waals surface area contributed by atoms with Crippen LogP contribution in [0, 0.1) is 0 Å². The Morgan fingerprint density at radius 1 is 0.900 bits per heavy atom. The molecular formula is C16H19NO3. The first-order valence-electron chi connectivity index (χ1n) is 5.86. The smallest absolute Gasteiger partial charge is 0.243 e. The summed E-state index contributed by atoms with van der Waals surface area (Å²) in [6.07, 6.45) is 0. The molecule has 0 saturated heterocycles. The lowest BCUT2D eigenvalue weighted by Gasteiger charge is -1.82. The number of primary amides is 1. The molecule has 0 aliphatic carbocycles. The summed E-state index contributed by atoms with van der Waals surface area (Å²) in [7, 11) is 0. The molecule has 4 heteroatoms. The van der Waals surface area contributed by atoms with Crippen LogP contribution in [0.25, 0.3) is 0 Å². The minimum atomic E-state index is -0.435. The van der Waals surface area contributed by atoms with Crippen LogP contribution in [0.4, 0.5) is 0 Å². The highest BCUT2D eigenvalue weighted by molar-refractivity contribution is 5.90. The van der Waals surface area contributed by atoms with Gasteiger partial charge in [-0.1, -0.05) is 43.0 Å². The molecular weight excluding hydrogens is 254 g/mol. The van der Waals surface area contributed by atoms with E-state index in [1.54, 1.807) is 55.5 Å². The standard InChI is InChI=1S/2C6H6O.C4H7NO/c2*7-6-4-2-1-3-5-6;1-3(2)4(5)6/h2*1-5,7H;1H2,2H3,(H2,5,6). The van der Waals surface area contributed by atoms with Gasteiger partial charge in [-0.2, -0.15) is 0 Å². The number of phenols is 2. The topological polar surface area (TPSA) is 83.6 Å². The van der Waals surface area contributed by atoms with Gasteiger partial charge in [0.2, 0.25) is 5.91 Å². The molecule has 0 bridgehead atoms. The number of aromatic hydroxyl groups is 2. The van der Waals surface area contributed by atoms with Gasteiger partial charge in [-0.15, -0.1) is 0 Å². The molecule has 2 aromatic carbocycles. The van der Waals surface area contributed by atoms with Gasteiger partial charge < -0.3 is 15.9 Å². The third kappa shape index (κ3) is 10.4. The minimum Gasteiger partial charge on any atom is -0.508 e. The number of carbonyl (C=O) groups excluding carboxylic acids is 1. The number of hydrogen-bond acceptors (Lipinski definition) is 3. The Hall–Kier alpha value is -2.75. The quantitative estimate of drug-likeness (QED) is 0.698. The first kappa shape index (κ1) is 17.2. The summed E-state index contributed by atoms with van der Waals surface area (Å²) in [6, 6.07) is 17.4. The maximum atomic E-state index is 9.82. The zero-order chi connectivity index (χ0) is 15.4. The average Bonchev–Trinajstić information content (AvgIpc) is 2.42. The van der Waals surface area contributed by atoms with Crippen LogP contribution in [0.2, 0.25) is 0 Å². The normalized spacial score (nSPS) is 8.25. The van der Waals surface area contributed by atoms with Gasteiger partial charge in [0.05, 0.1) is 0 Å². The van der Waals surface area contributed by atoms with Crippen LogP contribution in [0.5, 0.6) is 11.5 Å². The lowest BCUT2D eigenvalue weighted by molar-refractivity contribution is -0.114. The zero-order valence-electron chi connectivity index (χ0n) is 11.4. The fraction of sp³-hybridized carbons (Fsp3) is 0.0625. The largest absolute Gasteiger partial charge is 0.508 e. The summed E-state index contributed by atoms with van der Waals surface area (Å²) in [5.74, 6) is 0.208. The number of carbonyl (C=O) groups is 1. The van der Waals surface area contributed by atoms with Gasteiger partial charge in [0.25, 0.3) is 0 Å². The minimum absolute atomic E-state index is 0.322. The van der Waals surface area contributed by atoms with Crippen LogP contribution < -0.4 is 5.73 Å². The van der Waals surface area contributed by atoms with Crippen molar-refractivity contribution in [3.05, 3.63) is 72.8 Å². The van der Waals surface area contributed by atoms with Gasteiger partial charge in [0.1, 0.15) is 11.5 Å². The van der Waals surface area contributed by atoms with E-state index in [0.717, 1.165) is 0 Å². The second kappa shape index (κ2) is 10.2. The Morgan fingerprint density at radius 2 is 1.15 bits per heavy atom. The van der Waals surface area contributed by atoms with Crippen LogP contribution in [0.15, 0.2) is 72.8 Å². The molecule has 20 heavy (non-hydrogen) atoms. The summed E-state index contributed by atoms with van der Waals surface area (Å²) >= 11 is 0. The molecule has 4 N–H and O–H groups in total. The van der Waals surface area contributed by atoms with Crippen molar-refractivity contribution in [2.24, 2.45) is 5.73 Å². The Labute approximate surface area is 118 Å². The molecule has 0 unspecified atom stereocenters. The van der Waals surface area contributed by atoms with Crippen molar-refractivity contribution in [3.63, 3.8) is 0 Å². The fourth-order valence-corrected chi connectivity index (χ4v) is 0.856. The summed E-state index contributed by atoms with van der Waals surface area (Å²) in [5.41, 5.74) is 5.09.